The van der Waals surface area contributed by atoms with Crippen LogP contribution in [-0.2, 0) is 19.8 Å². The van der Waals surface area contributed by atoms with Crippen LogP contribution in [0.25, 0.3) is 5.57 Å². The van der Waals surface area contributed by atoms with Crippen molar-refractivity contribution in [2.75, 3.05) is 0 Å². The van der Waals surface area contributed by atoms with E-state index >= 15 is 0 Å². The van der Waals surface area contributed by atoms with Gasteiger partial charge in [0.1, 0.15) is 12.4 Å². The Morgan fingerprint density at radius 2 is 1.81 bits per heavy atom. The molecule has 0 aromatic heterocycles. The molecule has 0 fully saturated rings. The summed E-state index contributed by atoms with van der Waals surface area (Å²) in [7, 11) is 0. The van der Waals surface area contributed by atoms with Crippen LogP contribution in [0.3, 0.4) is 0 Å². The molecule has 31 heavy (non-hydrogen) atoms. The highest BCUT2D eigenvalue weighted by molar-refractivity contribution is 14.1. The highest BCUT2D eigenvalue weighted by Crippen LogP contribution is 2.35. The molecule has 0 aliphatic carbocycles. The fourth-order valence-corrected chi connectivity index (χ4v) is 2.86. The first-order chi connectivity index (χ1) is 14.6. The van der Waals surface area contributed by atoms with Gasteiger partial charge in [0, 0.05) is 0 Å². The van der Waals surface area contributed by atoms with Crippen LogP contribution < -0.4 is 4.74 Å². The molecule has 1 atom stereocenters. The normalized spacial score (nSPS) is 13.9. The maximum Gasteiger partial charge on any atom is 0.438 e. The summed E-state index contributed by atoms with van der Waals surface area (Å²) < 4.78 is 40.8. The maximum atomic E-state index is 12.7. The lowest BCUT2D eigenvalue weighted by molar-refractivity contribution is -0.192. The molecule has 2 rings (SSSR count). The summed E-state index contributed by atoms with van der Waals surface area (Å²) in [6.07, 6.45) is -2.97. The molecule has 0 aliphatic rings. The van der Waals surface area contributed by atoms with E-state index in [1.54, 1.807) is 42.5 Å². The molecule has 0 heterocycles. The third-order valence-corrected chi connectivity index (χ3v) is 5.34. The van der Waals surface area contributed by atoms with Crippen LogP contribution in [0, 0.1) is 11.8 Å². The summed E-state index contributed by atoms with van der Waals surface area (Å²) in [5, 5.41) is 28.1. The molecule has 3 N–H and O–H groups in total. The molecule has 0 saturated carbocycles. The first kappa shape index (κ1) is 25.2. The summed E-state index contributed by atoms with van der Waals surface area (Å²) in [4.78, 5) is 0. The second-order valence-electron chi connectivity index (χ2n) is 6.65. The summed E-state index contributed by atoms with van der Waals surface area (Å²) in [5.74, 6) is 4.70. The van der Waals surface area contributed by atoms with Crippen LogP contribution in [0.1, 0.15) is 35.6 Å². The quantitative estimate of drug-likeness (QED) is 0.267. The van der Waals surface area contributed by atoms with E-state index < -0.39 is 9.78 Å². The van der Waals surface area contributed by atoms with Crippen molar-refractivity contribution in [1.82, 2.24) is 0 Å². The summed E-state index contributed by atoms with van der Waals surface area (Å²) >= 11 is 0.865. The number of ether oxygens (including phenoxy) is 1. The molecule has 1 unspecified atom stereocenters. The number of rotatable bonds is 7. The van der Waals surface area contributed by atoms with Crippen molar-refractivity contribution in [3.63, 3.8) is 0 Å². The Bertz CT molecular complexity index is 988. The van der Waals surface area contributed by atoms with Crippen molar-refractivity contribution in [2.24, 2.45) is 0 Å². The lowest BCUT2D eigenvalue weighted by Gasteiger charge is -2.17. The Hall–Kier alpha value is -2.06. The van der Waals surface area contributed by atoms with Gasteiger partial charge in [-0.1, -0.05) is 37.1 Å². The van der Waals surface area contributed by atoms with E-state index in [0.29, 0.717) is 28.9 Å². The van der Waals surface area contributed by atoms with Crippen LogP contribution >= 0.6 is 22.6 Å². The van der Waals surface area contributed by atoms with E-state index in [-0.39, 0.29) is 19.8 Å². The van der Waals surface area contributed by atoms with Crippen LogP contribution in [0.2, 0.25) is 0 Å². The molecule has 8 heteroatoms. The monoisotopic (exact) mass is 546 g/mol. The highest BCUT2D eigenvalue weighted by atomic mass is 127. The Morgan fingerprint density at radius 1 is 1.10 bits per heavy atom. The highest BCUT2D eigenvalue weighted by Gasteiger charge is 2.51. The molecule has 2 aromatic rings. The Labute approximate surface area is 192 Å². The molecule has 0 spiro atoms. The molecule has 0 radical (unpaired) electrons. The van der Waals surface area contributed by atoms with Gasteiger partial charge in [-0.25, -0.2) is 0 Å². The van der Waals surface area contributed by atoms with E-state index in [4.69, 9.17) is 4.74 Å². The van der Waals surface area contributed by atoms with Crippen molar-refractivity contribution in [2.45, 2.75) is 42.9 Å². The van der Waals surface area contributed by atoms with Gasteiger partial charge in [-0.2, -0.15) is 13.2 Å². The minimum Gasteiger partial charge on any atom is -0.489 e. The average Bonchev–Trinajstić information content (AvgIpc) is 2.74. The van der Waals surface area contributed by atoms with E-state index in [2.05, 4.69) is 5.92 Å². The lowest BCUT2D eigenvalue weighted by Crippen LogP contribution is -2.37. The second-order valence-corrected chi connectivity index (χ2v) is 8.21. The van der Waals surface area contributed by atoms with Gasteiger partial charge in [0.2, 0.25) is 0 Å². The number of alkyl halides is 4. The number of aliphatic hydroxyl groups excluding tert-OH is 2. The fraction of sp³-hybridized carbons (Fsp3) is 0.304. The number of benzene rings is 2. The van der Waals surface area contributed by atoms with Crippen LogP contribution in [0.4, 0.5) is 13.2 Å². The zero-order chi connectivity index (χ0) is 23.1. The standard InChI is InChI=1S/C23H22F3IO4/c1-2-17(6-4-10-22(27,30)23(24,25)26)18-5-3-7-21(12-18)31-15-16-8-9-19(13-28)20(11-16)14-29/h3,5-9,11-12,28-30H,2,13-15H2,1H3/b17-6+. The molecule has 0 amide bonds. The zero-order valence-corrected chi connectivity index (χ0v) is 18.9. The molecule has 0 saturated heterocycles. The Kier molecular flexibility index (Phi) is 8.94. The number of hydrogen-bond donors (Lipinski definition) is 3. The number of aliphatic hydroxyl groups is 3. The molecule has 0 aliphatic heterocycles. The average molecular weight is 546 g/mol. The van der Waals surface area contributed by atoms with Crippen LogP contribution in [0.15, 0.2) is 48.5 Å². The predicted octanol–water partition coefficient (Wildman–Crippen LogP) is 4.73. The van der Waals surface area contributed by atoms with E-state index in [9.17, 15) is 28.5 Å². The van der Waals surface area contributed by atoms with Gasteiger partial charge in [0.15, 0.2) is 0 Å². The minimum absolute atomic E-state index is 0.161. The van der Waals surface area contributed by atoms with E-state index in [1.165, 1.54) is 6.08 Å². The molecule has 4 nitrogen and oxygen atoms in total. The second kappa shape index (κ2) is 11.0. The maximum absolute atomic E-state index is 12.7. The SMILES string of the molecule is CC/C(=C\C#CC(O)(I)C(F)(F)F)c1cccc(OCc2ccc(CO)c(CO)c2)c1. The van der Waals surface area contributed by atoms with Crippen molar-refractivity contribution in [3.8, 4) is 17.6 Å². The van der Waals surface area contributed by atoms with Crippen LogP contribution in [-0.4, -0.2) is 25.1 Å². The fourth-order valence-electron chi connectivity index (χ4n) is 2.70. The van der Waals surface area contributed by atoms with Crippen LogP contribution in [0.5, 0.6) is 5.75 Å². The van der Waals surface area contributed by atoms with E-state index in [1.807, 2.05) is 12.8 Å². The van der Waals surface area contributed by atoms with Crippen molar-refractivity contribution >= 4 is 28.2 Å². The lowest BCUT2D eigenvalue weighted by atomic mass is 10.0. The minimum atomic E-state index is -4.85. The van der Waals surface area contributed by atoms with Gasteiger partial charge in [0.05, 0.1) is 13.2 Å². The number of hydrogen-bond acceptors (Lipinski definition) is 4. The van der Waals surface area contributed by atoms with Crippen molar-refractivity contribution < 1.29 is 33.2 Å². The van der Waals surface area contributed by atoms with Gasteiger partial charge in [-0.15, -0.1) is 0 Å². The van der Waals surface area contributed by atoms with Gasteiger partial charge in [-0.3, -0.25) is 0 Å². The van der Waals surface area contributed by atoms with Crippen molar-refractivity contribution in [3.05, 3.63) is 70.8 Å². The third-order valence-electron chi connectivity index (χ3n) is 4.46. The Balaban J connectivity index is 2.17. The van der Waals surface area contributed by atoms with Gasteiger partial charge in [0.25, 0.3) is 3.61 Å². The summed E-state index contributed by atoms with van der Waals surface area (Å²) in [6.45, 7) is 1.73. The van der Waals surface area contributed by atoms with Crippen molar-refractivity contribution in [1.29, 1.82) is 0 Å². The third kappa shape index (κ3) is 6.97. The largest absolute Gasteiger partial charge is 0.489 e. The van der Waals surface area contributed by atoms with Gasteiger partial charge in [-0.05, 0) is 87.0 Å². The van der Waals surface area contributed by atoms with Gasteiger partial charge < -0.3 is 20.1 Å². The topological polar surface area (TPSA) is 69.9 Å². The Morgan fingerprint density at radius 3 is 2.42 bits per heavy atom. The number of allylic oxidation sites excluding steroid dienone is 2. The zero-order valence-electron chi connectivity index (χ0n) is 16.7. The molecular formula is C23H22F3IO4. The number of halogens is 4. The first-order valence-corrected chi connectivity index (χ1v) is 10.4. The molecular weight excluding hydrogens is 524 g/mol. The smallest absolute Gasteiger partial charge is 0.438 e. The van der Waals surface area contributed by atoms with Gasteiger partial charge >= 0.3 is 6.18 Å². The molecule has 2 aromatic carbocycles. The first-order valence-electron chi connectivity index (χ1n) is 9.36. The summed E-state index contributed by atoms with van der Waals surface area (Å²) in [5.41, 5.74) is 3.53. The summed E-state index contributed by atoms with van der Waals surface area (Å²) in [6, 6.07) is 12.4. The predicted molar refractivity (Wildman–Crippen MR) is 120 cm³/mol. The van der Waals surface area contributed by atoms with E-state index in [0.717, 1.165) is 33.7 Å². The molecule has 166 valence electrons. The molecule has 0 bridgehead atoms.